The van der Waals surface area contributed by atoms with E-state index in [2.05, 4.69) is 55.6 Å². The Hall–Kier alpha value is -1.54. The molecule has 9 heteroatoms. The Balaban J connectivity index is 4.50. The van der Waals surface area contributed by atoms with E-state index in [4.69, 9.17) is 9.05 Å². The van der Waals surface area contributed by atoms with E-state index >= 15 is 0 Å². The summed E-state index contributed by atoms with van der Waals surface area (Å²) in [4.78, 5) is 23.1. The largest absolute Gasteiger partial charge is 0.472 e. The molecule has 3 N–H and O–H groups in total. The normalized spacial score (nSPS) is 14.8. The second-order valence-corrected chi connectivity index (χ2v) is 17.9. The Morgan fingerprint density at radius 3 is 1.60 bits per heavy atom. The highest BCUT2D eigenvalue weighted by atomic mass is 31.2. The molecule has 3 atom stereocenters. The molecule has 0 saturated carbocycles. The third-order valence-electron chi connectivity index (χ3n) is 9.77. The second kappa shape index (κ2) is 38.0. The topological polar surface area (TPSA) is 105 Å². The van der Waals surface area contributed by atoms with Gasteiger partial charge in [0.25, 0.3) is 0 Å². The first-order valence-corrected chi connectivity index (χ1v) is 24.0. The van der Waals surface area contributed by atoms with Crippen molar-refractivity contribution in [2.75, 3.05) is 40.9 Å². The third kappa shape index (κ3) is 40.5. The molecule has 1 amide bonds. The number of hydrogen-bond donors (Lipinski definition) is 3. The number of likely N-dealkylation sites (N-methyl/N-ethyl adjacent to an activating group) is 1. The van der Waals surface area contributed by atoms with E-state index < -0.39 is 20.0 Å². The Morgan fingerprint density at radius 1 is 0.618 bits per heavy atom. The van der Waals surface area contributed by atoms with E-state index in [1.165, 1.54) is 103 Å². The predicted molar refractivity (Wildman–Crippen MR) is 235 cm³/mol. The predicted octanol–water partition coefficient (Wildman–Crippen LogP) is 12.5. The van der Waals surface area contributed by atoms with Crippen molar-refractivity contribution in [2.45, 2.75) is 199 Å². The molecule has 0 rings (SSSR count). The van der Waals surface area contributed by atoms with Gasteiger partial charge in [0, 0.05) is 6.42 Å². The van der Waals surface area contributed by atoms with E-state index in [1.807, 2.05) is 27.2 Å². The Morgan fingerprint density at radius 2 is 1.05 bits per heavy atom. The number of rotatable bonds is 40. The van der Waals surface area contributed by atoms with E-state index in [1.54, 1.807) is 6.08 Å². The lowest BCUT2D eigenvalue weighted by Crippen LogP contribution is -2.45. The first-order chi connectivity index (χ1) is 26.5. The van der Waals surface area contributed by atoms with E-state index in [9.17, 15) is 19.4 Å². The molecule has 0 saturated heterocycles. The summed E-state index contributed by atoms with van der Waals surface area (Å²) in [6, 6.07) is -0.870. The molecule has 0 aromatic rings. The molecular formula is C46H88N2O6P+. The molecule has 0 bridgehead atoms. The van der Waals surface area contributed by atoms with E-state index in [-0.39, 0.29) is 19.1 Å². The molecule has 0 aliphatic heterocycles. The van der Waals surface area contributed by atoms with Crippen molar-refractivity contribution in [1.29, 1.82) is 0 Å². The minimum Gasteiger partial charge on any atom is -0.387 e. The van der Waals surface area contributed by atoms with Crippen LogP contribution in [0.1, 0.15) is 187 Å². The van der Waals surface area contributed by atoms with Crippen LogP contribution < -0.4 is 5.32 Å². The van der Waals surface area contributed by atoms with Crippen molar-refractivity contribution in [3.8, 4) is 0 Å². The molecule has 0 heterocycles. The number of allylic oxidation sites excluding steroid dienone is 7. The van der Waals surface area contributed by atoms with Crippen molar-refractivity contribution in [3.05, 3.63) is 48.6 Å². The van der Waals surface area contributed by atoms with Crippen LogP contribution in [0.5, 0.6) is 0 Å². The number of nitrogens with one attached hydrogen (secondary N) is 1. The molecule has 0 radical (unpaired) electrons. The number of phosphoric acid groups is 1. The van der Waals surface area contributed by atoms with Crippen LogP contribution in [0.15, 0.2) is 48.6 Å². The second-order valence-electron chi connectivity index (χ2n) is 16.4. The van der Waals surface area contributed by atoms with Crippen molar-refractivity contribution in [1.82, 2.24) is 5.32 Å². The van der Waals surface area contributed by atoms with Crippen LogP contribution in [-0.2, 0) is 18.4 Å². The molecule has 8 nitrogen and oxygen atoms in total. The molecule has 322 valence electrons. The van der Waals surface area contributed by atoms with Crippen molar-refractivity contribution in [2.24, 2.45) is 0 Å². The Labute approximate surface area is 339 Å². The number of aliphatic hydroxyl groups is 1. The fraction of sp³-hybridized carbons (Fsp3) is 0.804. The molecule has 0 aromatic heterocycles. The number of quaternary nitrogens is 1. The molecule has 0 fully saturated rings. The van der Waals surface area contributed by atoms with Crippen LogP contribution in [0.3, 0.4) is 0 Å². The number of carbonyl (C=O) groups is 1. The van der Waals surface area contributed by atoms with Crippen molar-refractivity contribution in [3.63, 3.8) is 0 Å². The third-order valence-corrected chi connectivity index (χ3v) is 10.8. The van der Waals surface area contributed by atoms with Gasteiger partial charge in [-0.3, -0.25) is 13.8 Å². The van der Waals surface area contributed by atoms with Crippen molar-refractivity contribution < 1.29 is 32.9 Å². The van der Waals surface area contributed by atoms with Gasteiger partial charge >= 0.3 is 7.82 Å². The van der Waals surface area contributed by atoms with E-state index in [0.29, 0.717) is 17.4 Å². The van der Waals surface area contributed by atoms with Gasteiger partial charge in [-0.05, 0) is 64.2 Å². The first-order valence-electron chi connectivity index (χ1n) is 22.5. The lowest BCUT2D eigenvalue weighted by Gasteiger charge is -2.25. The summed E-state index contributed by atoms with van der Waals surface area (Å²) in [6.45, 7) is 4.75. The number of carbonyl (C=O) groups excluding carboxylic acids is 1. The average molecular weight is 796 g/mol. The minimum absolute atomic E-state index is 0.0520. The molecular weight excluding hydrogens is 707 g/mol. The van der Waals surface area contributed by atoms with Crippen LogP contribution in [0.4, 0.5) is 0 Å². The number of hydrogen-bond acceptors (Lipinski definition) is 5. The number of unbranched alkanes of at least 4 members (excludes halogenated alkanes) is 21. The highest BCUT2D eigenvalue weighted by Crippen LogP contribution is 2.43. The molecule has 3 unspecified atom stereocenters. The highest BCUT2D eigenvalue weighted by Gasteiger charge is 2.27. The fourth-order valence-electron chi connectivity index (χ4n) is 6.14. The number of nitrogens with zero attached hydrogens (tertiary/aromatic N) is 1. The van der Waals surface area contributed by atoms with Gasteiger partial charge < -0.3 is 19.8 Å². The molecule has 0 aromatic carbocycles. The van der Waals surface area contributed by atoms with Crippen LogP contribution >= 0.6 is 7.82 Å². The maximum Gasteiger partial charge on any atom is 0.472 e. The summed E-state index contributed by atoms with van der Waals surface area (Å²) in [5.41, 5.74) is 0. The summed E-state index contributed by atoms with van der Waals surface area (Å²) < 4.78 is 23.5. The Kier molecular flexibility index (Phi) is 36.9. The smallest absolute Gasteiger partial charge is 0.387 e. The zero-order valence-corrected chi connectivity index (χ0v) is 37.3. The lowest BCUT2D eigenvalue weighted by molar-refractivity contribution is -0.870. The highest BCUT2D eigenvalue weighted by molar-refractivity contribution is 7.47. The standard InChI is InChI=1S/C46H87N2O6P/c1-6-8-10-12-14-16-18-20-22-23-24-26-27-29-31-33-35-37-39-45(49)44(43-54-55(51,52)53-42-41-48(3,4)5)47-46(50)40-38-36-34-32-30-28-25-21-19-17-15-13-11-9-7-2/h15,17,21,25,29,31,37,39,44-45,49H,6-14,16,18-20,22-24,26-28,30,32-36,38,40-43H2,1-5H3,(H-,47,50,51,52)/p+1/b17-15-,25-21-,31-29+,39-37+. The van der Waals surface area contributed by atoms with Crippen LogP contribution in [0, 0.1) is 0 Å². The van der Waals surface area contributed by atoms with Gasteiger partial charge in [-0.15, -0.1) is 0 Å². The fourth-order valence-corrected chi connectivity index (χ4v) is 6.88. The molecule has 0 aliphatic rings. The van der Waals surface area contributed by atoms with Crippen molar-refractivity contribution >= 4 is 13.7 Å². The van der Waals surface area contributed by atoms with Gasteiger partial charge in [0.1, 0.15) is 13.2 Å². The number of aliphatic hydroxyl groups excluding tert-OH is 1. The lowest BCUT2D eigenvalue weighted by atomic mass is 10.0. The van der Waals surface area contributed by atoms with Gasteiger partial charge in [0.05, 0.1) is 39.9 Å². The monoisotopic (exact) mass is 796 g/mol. The molecule has 0 aliphatic carbocycles. The van der Waals surface area contributed by atoms with Gasteiger partial charge in [-0.1, -0.05) is 165 Å². The summed E-state index contributed by atoms with van der Waals surface area (Å²) in [5, 5.41) is 13.8. The Bertz CT molecular complexity index is 1040. The number of phosphoric ester groups is 1. The summed E-state index contributed by atoms with van der Waals surface area (Å²) in [6.07, 6.45) is 47.5. The van der Waals surface area contributed by atoms with Gasteiger partial charge in [-0.25, -0.2) is 4.57 Å². The van der Waals surface area contributed by atoms with Gasteiger partial charge in [-0.2, -0.15) is 0 Å². The first kappa shape index (κ1) is 53.5. The molecule has 55 heavy (non-hydrogen) atoms. The van der Waals surface area contributed by atoms with Crippen LogP contribution in [-0.4, -0.2) is 73.4 Å². The maximum absolute atomic E-state index is 12.9. The zero-order chi connectivity index (χ0) is 40.7. The average Bonchev–Trinajstić information content (AvgIpc) is 3.13. The minimum atomic E-state index is -4.35. The quantitative estimate of drug-likeness (QED) is 0.0247. The summed E-state index contributed by atoms with van der Waals surface area (Å²) in [7, 11) is 1.54. The van der Waals surface area contributed by atoms with Crippen LogP contribution in [0.2, 0.25) is 0 Å². The zero-order valence-electron chi connectivity index (χ0n) is 36.4. The SMILES string of the molecule is CCCCC/C=C\C/C=C\CCCCCCCC(=O)NC(COP(=O)(O)OCC[N+](C)(C)C)C(O)/C=C/CC/C=C/CCCCCCCCCCCCCC. The number of amides is 1. The summed E-state index contributed by atoms with van der Waals surface area (Å²) >= 11 is 0. The summed E-state index contributed by atoms with van der Waals surface area (Å²) in [5.74, 6) is -0.203. The molecule has 0 spiro atoms. The van der Waals surface area contributed by atoms with Gasteiger partial charge in [0.2, 0.25) is 5.91 Å². The maximum atomic E-state index is 12.9. The van der Waals surface area contributed by atoms with Crippen LogP contribution in [0.25, 0.3) is 0 Å². The van der Waals surface area contributed by atoms with E-state index in [0.717, 1.165) is 64.2 Å². The van der Waals surface area contributed by atoms with Gasteiger partial charge in [0.15, 0.2) is 0 Å².